The van der Waals surface area contributed by atoms with Gasteiger partial charge in [-0.3, -0.25) is 0 Å². The first kappa shape index (κ1) is 12.9. The fourth-order valence-corrected chi connectivity index (χ4v) is 1.89. The third-order valence-electron chi connectivity index (χ3n) is 1.94. The predicted molar refractivity (Wildman–Crippen MR) is 57.0 cm³/mol. The SMILES string of the molecule is COc1c(N)nsc1N(C)CCC(F)(F)F. The molecule has 1 heterocycles. The Balaban J connectivity index is 2.69. The molecule has 0 aliphatic rings. The van der Waals surface area contributed by atoms with E-state index in [1.54, 1.807) is 7.05 Å². The molecule has 0 saturated carbocycles. The van der Waals surface area contributed by atoms with Crippen LogP contribution in [0.4, 0.5) is 24.0 Å². The molecule has 0 radical (unpaired) electrons. The molecule has 0 bridgehead atoms. The van der Waals surface area contributed by atoms with Crippen molar-refractivity contribution < 1.29 is 17.9 Å². The van der Waals surface area contributed by atoms with Gasteiger partial charge in [0.25, 0.3) is 0 Å². The lowest BCUT2D eigenvalue weighted by atomic mass is 10.4. The van der Waals surface area contributed by atoms with Gasteiger partial charge >= 0.3 is 6.18 Å². The molecule has 4 nitrogen and oxygen atoms in total. The first-order chi connectivity index (χ1) is 7.35. The van der Waals surface area contributed by atoms with E-state index in [2.05, 4.69) is 4.37 Å². The van der Waals surface area contributed by atoms with Crippen LogP contribution in [0.3, 0.4) is 0 Å². The van der Waals surface area contributed by atoms with Gasteiger partial charge in [0.1, 0.15) is 0 Å². The minimum Gasteiger partial charge on any atom is -0.490 e. The number of hydrogen-bond donors (Lipinski definition) is 1. The number of aromatic nitrogens is 1. The van der Waals surface area contributed by atoms with Gasteiger partial charge in [0, 0.05) is 13.6 Å². The summed E-state index contributed by atoms with van der Waals surface area (Å²) in [7, 11) is 2.95. The average Bonchev–Trinajstić information content (AvgIpc) is 2.54. The molecular formula is C8H12F3N3OS. The highest BCUT2D eigenvalue weighted by Gasteiger charge is 2.28. The Bertz CT molecular complexity index is 353. The van der Waals surface area contributed by atoms with E-state index in [4.69, 9.17) is 10.5 Å². The predicted octanol–water partition coefficient (Wildman–Crippen LogP) is 2.12. The number of nitrogens with two attached hydrogens (primary N) is 1. The van der Waals surface area contributed by atoms with Crippen LogP contribution in [0.1, 0.15) is 6.42 Å². The van der Waals surface area contributed by atoms with Crippen LogP contribution in [0.2, 0.25) is 0 Å². The van der Waals surface area contributed by atoms with Crippen LogP contribution in [0, 0.1) is 0 Å². The number of nitrogen functional groups attached to an aromatic ring is 1. The summed E-state index contributed by atoms with van der Waals surface area (Å²) in [4.78, 5) is 1.43. The molecule has 1 aromatic heterocycles. The Morgan fingerprint density at radius 3 is 2.62 bits per heavy atom. The van der Waals surface area contributed by atoms with Crippen LogP contribution in [-0.4, -0.2) is 31.3 Å². The van der Waals surface area contributed by atoms with Crippen LogP contribution in [0.15, 0.2) is 0 Å². The molecule has 1 aromatic rings. The van der Waals surface area contributed by atoms with E-state index >= 15 is 0 Å². The van der Waals surface area contributed by atoms with Gasteiger partial charge in [-0.25, -0.2) is 0 Å². The Morgan fingerprint density at radius 1 is 1.50 bits per heavy atom. The molecule has 1 rings (SSSR count). The Kier molecular flexibility index (Phi) is 3.84. The van der Waals surface area contributed by atoms with Gasteiger partial charge in [-0.05, 0) is 11.5 Å². The first-order valence-corrected chi connectivity index (χ1v) is 5.19. The van der Waals surface area contributed by atoms with E-state index in [1.807, 2.05) is 0 Å². The summed E-state index contributed by atoms with van der Waals surface area (Å²) in [6.45, 7) is -0.151. The van der Waals surface area contributed by atoms with E-state index in [0.29, 0.717) is 10.8 Å². The zero-order valence-electron chi connectivity index (χ0n) is 8.84. The fraction of sp³-hybridized carbons (Fsp3) is 0.625. The molecule has 0 saturated heterocycles. The molecule has 0 atom stereocenters. The molecule has 0 fully saturated rings. The van der Waals surface area contributed by atoms with Crippen LogP contribution >= 0.6 is 11.5 Å². The molecule has 92 valence electrons. The summed E-state index contributed by atoms with van der Waals surface area (Å²) in [6, 6.07) is 0. The second-order valence-electron chi connectivity index (χ2n) is 3.19. The average molecular weight is 255 g/mol. The summed E-state index contributed by atoms with van der Waals surface area (Å²) in [5, 5.41) is 0.504. The van der Waals surface area contributed by atoms with Gasteiger partial charge in [0.05, 0.1) is 13.5 Å². The maximum absolute atomic E-state index is 12.0. The number of anilines is 2. The minimum absolute atomic E-state index is 0.151. The van der Waals surface area contributed by atoms with Crippen LogP contribution in [-0.2, 0) is 0 Å². The smallest absolute Gasteiger partial charge is 0.390 e. The molecular weight excluding hydrogens is 243 g/mol. The monoisotopic (exact) mass is 255 g/mol. The number of rotatable bonds is 4. The zero-order valence-corrected chi connectivity index (χ0v) is 9.65. The van der Waals surface area contributed by atoms with Crippen molar-refractivity contribution >= 4 is 22.4 Å². The molecule has 0 amide bonds. The molecule has 8 heteroatoms. The van der Waals surface area contributed by atoms with Gasteiger partial charge in [-0.1, -0.05) is 0 Å². The maximum atomic E-state index is 12.0. The van der Waals surface area contributed by atoms with E-state index in [1.165, 1.54) is 12.0 Å². The van der Waals surface area contributed by atoms with E-state index < -0.39 is 12.6 Å². The molecule has 16 heavy (non-hydrogen) atoms. The lowest BCUT2D eigenvalue weighted by Gasteiger charge is -2.18. The normalized spacial score (nSPS) is 11.6. The van der Waals surface area contributed by atoms with Gasteiger partial charge in [-0.15, -0.1) is 0 Å². The summed E-state index contributed by atoms with van der Waals surface area (Å²) >= 11 is 1.02. The number of halogens is 3. The largest absolute Gasteiger partial charge is 0.490 e. The Labute approximate surface area is 95.0 Å². The van der Waals surface area contributed by atoms with E-state index in [-0.39, 0.29) is 12.4 Å². The molecule has 0 aliphatic carbocycles. The number of hydrogen-bond acceptors (Lipinski definition) is 5. The summed E-state index contributed by atoms with van der Waals surface area (Å²) in [5.41, 5.74) is 5.50. The van der Waals surface area contributed by atoms with Crippen molar-refractivity contribution in [3.63, 3.8) is 0 Å². The van der Waals surface area contributed by atoms with Crippen molar-refractivity contribution in [3.8, 4) is 5.75 Å². The van der Waals surface area contributed by atoms with Crippen molar-refractivity contribution in [3.05, 3.63) is 0 Å². The lowest BCUT2D eigenvalue weighted by molar-refractivity contribution is -0.132. The maximum Gasteiger partial charge on any atom is 0.390 e. The van der Waals surface area contributed by atoms with E-state index in [0.717, 1.165) is 11.5 Å². The first-order valence-electron chi connectivity index (χ1n) is 4.42. The minimum atomic E-state index is -4.17. The van der Waals surface area contributed by atoms with Crippen molar-refractivity contribution in [2.75, 3.05) is 31.3 Å². The van der Waals surface area contributed by atoms with Gasteiger partial charge in [0.2, 0.25) is 0 Å². The molecule has 0 aliphatic heterocycles. The second kappa shape index (κ2) is 4.77. The summed E-state index contributed by atoms with van der Waals surface area (Å²) in [5.74, 6) is 0.524. The highest BCUT2D eigenvalue weighted by atomic mass is 32.1. The quantitative estimate of drug-likeness (QED) is 0.895. The van der Waals surface area contributed by atoms with E-state index in [9.17, 15) is 13.2 Å². The standard InChI is InChI=1S/C8H12F3N3OS/c1-14(4-3-8(9,10)11)7-5(15-2)6(12)13-16-7/h3-4H2,1-2H3,(H2,12,13). The topological polar surface area (TPSA) is 51.4 Å². The number of methoxy groups -OCH3 is 1. The van der Waals surface area contributed by atoms with Crippen LogP contribution in [0.5, 0.6) is 5.75 Å². The summed E-state index contributed by atoms with van der Waals surface area (Å²) in [6.07, 6.45) is -5.05. The summed E-state index contributed by atoms with van der Waals surface area (Å²) < 4.78 is 44.9. The lowest BCUT2D eigenvalue weighted by Crippen LogP contribution is -2.23. The van der Waals surface area contributed by atoms with Gasteiger partial charge in [0.15, 0.2) is 16.6 Å². The van der Waals surface area contributed by atoms with Crippen molar-refractivity contribution in [2.45, 2.75) is 12.6 Å². The Morgan fingerprint density at radius 2 is 2.12 bits per heavy atom. The van der Waals surface area contributed by atoms with Crippen molar-refractivity contribution in [1.82, 2.24) is 4.37 Å². The molecule has 0 aromatic carbocycles. The zero-order chi connectivity index (χ0) is 12.3. The highest BCUT2D eigenvalue weighted by molar-refractivity contribution is 7.11. The van der Waals surface area contributed by atoms with Gasteiger partial charge < -0.3 is 15.4 Å². The third-order valence-corrected chi connectivity index (χ3v) is 2.90. The highest BCUT2D eigenvalue weighted by Crippen LogP contribution is 2.37. The number of nitrogens with zero attached hydrogens (tertiary/aromatic N) is 2. The molecule has 0 spiro atoms. The van der Waals surface area contributed by atoms with Crippen LogP contribution < -0.4 is 15.4 Å². The third kappa shape index (κ3) is 3.16. The Hall–Kier alpha value is -1.18. The number of alkyl halides is 3. The second-order valence-corrected chi connectivity index (χ2v) is 3.94. The van der Waals surface area contributed by atoms with Gasteiger partial charge in [-0.2, -0.15) is 17.5 Å². The van der Waals surface area contributed by atoms with Crippen molar-refractivity contribution in [2.24, 2.45) is 0 Å². The fourth-order valence-electron chi connectivity index (χ4n) is 1.12. The van der Waals surface area contributed by atoms with Crippen molar-refractivity contribution in [1.29, 1.82) is 0 Å². The molecule has 0 unspecified atom stereocenters. The molecule has 2 N–H and O–H groups in total. The number of ether oxygens (including phenoxy) is 1. The van der Waals surface area contributed by atoms with Crippen LogP contribution in [0.25, 0.3) is 0 Å².